The van der Waals surface area contributed by atoms with Gasteiger partial charge in [0, 0.05) is 0 Å². The molecule has 2 heteroatoms. The van der Waals surface area contributed by atoms with Crippen LogP contribution in [0, 0.1) is 6.92 Å². The first-order chi connectivity index (χ1) is 13.2. The van der Waals surface area contributed by atoms with E-state index in [1.54, 1.807) is 0 Å². The van der Waals surface area contributed by atoms with Crippen molar-refractivity contribution >= 4 is 67.1 Å². The molecule has 0 spiro atoms. The van der Waals surface area contributed by atoms with E-state index in [-0.39, 0.29) is 0 Å². The van der Waals surface area contributed by atoms with E-state index in [4.69, 9.17) is 0 Å². The van der Waals surface area contributed by atoms with Gasteiger partial charge in [-0.1, -0.05) is 6.07 Å². The van der Waals surface area contributed by atoms with Crippen LogP contribution in [0.2, 0.25) is 0 Å². The zero-order valence-corrected chi connectivity index (χ0v) is 17.4. The van der Waals surface area contributed by atoms with Gasteiger partial charge in [-0.3, -0.25) is 0 Å². The zero-order valence-electron chi connectivity index (χ0n) is 14.8. The van der Waals surface area contributed by atoms with Crippen LogP contribution in [0.1, 0.15) is 4.44 Å². The molecule has 6 aromatic rings. The topological polar surface area (TPSA) is 0 Å². The Morgan fingerprint density at radius 2 is 1.30 bits per heavy atom. The maximum atomic E-state index is 2.41. The summed E-state index contributed by atoms with van der Waals surface area (Å²) in [6, 6.07) is 29.6. The van der Waals surface area contributed by atoms with Gasteiger partial charge in [0.25, 0.3) is 0 Å². The number of aryl methyl sites for hydroxylation is 1. The molecule has 0 saturated carbocycles. The van der Waals surface area contributed by atoms with Crippen LogP contribution in [0.15, 0.2) is 78.9 Å². The van der Waals surface area contributed by atoms with Crippen LogP contribution in [-0.4, -0.2) is 14.5 Å². The van der Waals surface area contributed by atoms with Gasteiger partial charge in [-0.2, -0.15) is 0 Å². The third kappa shape index (κ3) is 2.56. The van der Waals surface area contributed by atoms with Crippen LogP contribution in [0.25, 0.3) is 51.7 Å². The first-order valence-electron chi connectivity index (χ1n) is 9.10. The van der Waals surface area contributed by atoms with Gasteiger partial charge in [0.15, 0.2) is 0 Å². The van der Waals surface area contributed by atoms with Crippen molar-refractivity contribution in [1.29, 1.82) is 0 Å². The fourth-order valence-electron chi connectivity index (χ4n) is 3.95. The summed E-state index contributed by atoms with van der Waals surface area (Å²) in [4.78, 5) is 1.34. The Kier molecular flexibility index (Phi) is 3.37. The molecule has 27 heavy (non-hydrogen) atoms. The summed E-state index contributed by atoms with van der Waals surface area (Å²) < 4.78 is 4.40. The van der Waals surface area contributed by atoms with E-state index in [1.165, 1.54) is 56.2 Å². The summed E-state index contributed by atoms with van der Waals surface area (Å²) >= 11 is 2.38. The fourth-order valence-corrected chi connectivity index (χ4v) is 7.05. The van der Waals surface area contributed by atoms with Gasteiger partial charge in [-0.25, -0.2) is 0 Å². The summed E-state index contributed by atoms with van der Waals surface area (Å²) in [7, 11) is 0. The second kappa shape index (κ2) is 5.81. The SMILES string of the molecule is Cc1cc2cc3cc4cc5sc(-c6ccccc6)cc5cc4cc3cc2[se]1. The van der Waals surface area contributed by atoms with Gasteiger partial charge >= 0.3 is 162 Å². The van der Waals surface area contributed by atoms with Crippen molar-refractivity contribution in [2.24, 2.45) is 0 Å². The number of benzene rings is 4. The first kappa shape index (κ1) is 15.7. The van der Waals surface area contributed by atoms with E-state index < -0.39 is 0 Å². The summed E-state index contributed by atoms with van der Waals surface area (Å²) in [5.41, 5.74) is 1.30. The molecule has 0 amide bonds. The van der Waals surface area contributed by atoms with Crippen molar-refractivity contribution in [2.75, 3.05) is 0 Å². The molecular formula is C25H16SSe. The molecular weight excluding hydrogens is 411 g/mol. The van der Waals surface area contributed by atoms with Crippen LogP contribution in [0.4, 0.5) is 0 Å². The summed E-state index contributed by atoms with van der Waals surface area (Å²) in [6.07, 6.45) is 0. The van der Waals surface area contributed by atoms with E-state index in [1.807, 2.05) is 11.3 Å². The monoisotopic (exact) mass is 428 g/mol. The molecule has 0 bridgehead atoms. The molecule has 0 aliphatic heterocycles. The summed E-state index contributed by atoms with van der Waals surface area (Å²) in [6.45, 7) is 2.25. The van der Waals surface area contributed by atoms with Crippen molar-refractivity contribution in [1.82, 2.24) is 0 Å². The van der Waals surface area contributed by atoms with Gasteiger partial charge in [0.1, 0.15) is 0 Å². The van der Waals surface area contributed by atoms with Crippen LogP contribution in [0.5, 0.6) is 0 Å². The second-order valence-electron chi connectivity index (χ2n) is 7.16. The van der Waals surface area contributed by atoms with Gasteiger partial charge in [-0.05, 0) is 0 Å². The molecule has 6 rings (SSSR count). The van der Waals surface area contributed by atoms with Crippen LogP contribution >= 0.6 is 11.3 Å². The Labute approximate surface area is 167 Å². The predicted molar refractivity (Wildman–Crippen MR) is 121 cm³/mol. The molecule has 0 N–H and O–H groups in total. The number of thiophene rings is 1. The molecule has 0 fully saturated rings. The number of fused-ring (bicyclic) bond motifs is 4. The first-order valence-corrected chi connectivity index (χ1v) is 11.6. The minimum atomic E-state index is 0.500. The molecule has 2 heterocycles. The molecule has 4 aromatic carbocycles. The summed E-state index contributed by atoms with van der Waals surface area (Å²) in [5.74, 6) is 0. The molecule has 0 radical (unpaired) electrons. The van der Waals surface area contributed by atoms with Gasteiger partial charge in [0.05, 0.1) is 0 Å². The van der Waals surface area contributed by atoms with E-state index in [2.05, 4.69) is 85.8 Å². The third-order valence-electron chi connectivity index (χ3n) is 5.25. The normalized spacial score (nSPS) is 11.9. The van der Waals surface area contributed by atoms with Crippen LogP contribution < -0.4 is 0 Å². The molecule has 0 unspecified atom stereocenters. The Morgan fingerprint density at radius 1 is 0.630 bits per heavy atom. The minimum absolute atomic E-state index is 0.500. The maximum absolute atomic E-state index is 2.41. The second-order valence-corrected chi connectivity index (χ2v) is 10.9. The van der Waals surface area contributed by atoms with Crippen molar-refractivity contribution in [2.45, 2.75) is 6.92 Å². The molecule has 2 aromatic heterocycles. The molecule has 0 nitrogen and oxygen atoms in total. The molecule has 0 saturated heterocycles. The molecule has 128 valence electrons. The third-order valence-corrected chi connectivity index (χ3v) is 8.52. The number of hydrogen-bond acceptors (Lipinski definition) is 1. The Balaban J connectivity index is 1.61. The Morgan fingerprint density at radius 3 is 2.11 bits per heavy atom. The average molecular weight is 427 g/mol. The quantitative estimate of drug-likeness (QED) is 0.190. The fraction of sp³-hybridized carbons (Fsp3) is 0.0400. The van der Waals surface area contributed by atoms with E-state index in [9.17, 15) is 0 Å². The summed E-state index contributed by atoms with van der Waals surface area (Å²) in [5, 5.41) is 8.14. The Hall–Kier alpha value is -2.38. The number of hydrogen-bond donors (Lipinski definition) is 0. The zero-order chi connectivity index (χ0) is 18.0. The van der Waals surface area contributed by atoms with Gasteiger partial charge < -0.3 is 0 Å². The number of rotatable bonds is 1. The van der Waals surface area contributed by atoms with Crippen LogP contribution in [0.3, 0.4) is 0 Å². The average Bonchev–Trinajstić information content (AvgIpc) is 3.24. The van der Waals surface area contributed by atoms with Crippen LogP contribution in [-0.2, 0) is 0 Å². The molecule has 0 aliphatic carbocycles. The van der Waals surface area contributed by atoms with Crippen molar-refractivity contribution in [3.8, 4) is 10.4 Å². The van der Waals surface area contributed by atoms with Crippen molar-refractivity contribution < 1.29 is 0 Å². The predicted octanol–water partition coefficient (Wildman–Crippen LogP) is 7.39. The van der Waals surface area contributed by atoms with E-state index >= 15 is 0 Å². The molecule has 0 aliphatic rings. The van der Waals surface area contributed by atoms with Gasteiger partial charge in [0.2, 0.25) is 0 Å². The van der Waals surface area contributed by atoms with E-state index in [0.29, 0.717) is 14.5 Å². The Bertz CT molecular complexity index is 1380. The van der Waals surface area contributed by atoms with Gasteiger partial charge in [-0.15, -0.1) is 0 Å². The standard InChI is InChI=1S/C25H16SSe/c1-15-7-22-11-18-8-19-12-24-21(10-17(19)9-20(18)14-25(22)27-15)13-23(26-24)16-5-3-2-4-6-16/h2-14H,1H3. The van der Waals surface area contributed by atoms with Crippen molar-refractivity contribution in [3.63, 3.8) is 0 Å². The van der Waals surface area contributed by atoms with E-state index in [0.717, 1.165) is 0 Å². The molecule has 0 atom stereocenters. The van der Waals surface area contributed by atoms with Crippen molar-refractivity contribution in [3.05, 3.63) is 83.3 Å².